The molecule has 0 N–H and O–H groups in total. The smallest absolute Gasteiger partial charge is 0.214 e. The molecule has 4 aromatic rings. The number of hydrogen-bond donors (Lipinski definition) is 0. The highest BCUT2D eigenvalue weighted by Crippen LogP contribution is 2.30. The molecule has 23 heavy (non-hydrogen) atoms. The average Bonchev–Trinajstić information content (AvgIpc) is 3.11. The summed E-state index contributed by atoms with van der Waals surface area (Å²) in [6.07, 6.45) is 0. The van der Waals surface area contributed by atoms with E-state index >= 15 is 0 Å². The maximum atomic E-state index is 9.58. The van der Waals surface area contributed by atoms with Crippen LogP contribution in [0.4, 0.5) is 0 Å². The second-order valence-corrected chi connectivity index (χ2v) is 6.76. The fourth-order valence-corrected chi connectivity index (χ4v) is 3.54. The number of hydrogen-bond acceptors (Lipinski definition) is 4. The van der Waals surface area contributed by atoms with Crippen molar-refractivity contribution in [2.75, 3.05) is 0 Å². The van der Waals surface area contributed by atoms with E-state index in [1.165, 1.54) is 5.39 Å². The summed E-state index contributed by atoms with van der Waals surface area (Å²) in [5.41, 5.74) is 2.15. The number of aromatic nitrogens is 3. The van der Waals surface area contributed by atoms with Gasteiger partial charge in [0.2, 0.25) is 4.96 Å². The fraction of sp³-hybridized carbons (Fsp3) is 0.167. The van der Waals surface area contributed by atoms with E-state index in [0.717, 1.165) is 20.9 Å². The van der Waals surface area contributed by atoms with Gasteiger partial charge in [0, 0.05) is 11.5 Å². The van der Waals surface area contributed by atoms with Crippen molar-refractivity contribution in [3.63, 3.8) is 0 Å². The van der Waals surface area contributed by atoms with Gasteiger partial charge in [-0.2, -0.15) is 14.9 Å². The summed E-state index contributed by atoms with van der Waals surface area (Å²) in [7, 11) is 0. The standard InChI is InChI=1S/C18H14N4S/c1-11(2)17-21-22-15(10-19)16(20-18(22)23-17)14-8-7-12-5-3-4-6-13(12)9-14/h3-9,11H,1-2H3. The molecule has 5 heteroatoms. The van der Waals surface area contributed by atoms with Crippen LogP contribution in [0.2, 0.25) is 0 Å². The topological polar surface area (TPSA) is 54.0 Å². The minimum absolute atomic E-state index is 0.331. The van der Waals surface area contributed by atoms with Gasteiger partial charge in [-0.05, 0) is 16.8 Å². The first kappa shape index (κ1) is 13.9. The van der Waals surface area contributed by atoms with Gasteiger partial charge in [0.1, 0.15) is 16.8 Å². The van der Waals surface area contributed by atoms with Crippen LogP contribution < -0.4 is 0 Å². The number of nitrogens with zero attached hydrogens (tertiary/aromatic N) is 4. The minimum atomic E-state index is 0.331. The Kier molecular flexibility index (Phi) is 3.14. The molecule has 0 atom stereocenters. The van der Waals surface area contributed by atoms with E-state index in [2.05, 4.69) is 54.3 Å². The summed E-state index contributed by atoms with van der Waals surface area (Å²) in [6.45, 7) is 4.18. The van der Waals surface area contributed by atoms with Crippen molar-refractivity contribution in [3.05, 3.63) is 53.2 Å². The van der Waals surface area contributed by atoms with E-state index < -0.39 is 0 Å². The first-order valence-electron chi connectivity index (χ1n) is 7.46. The van der Waals surface area contributed by atoms with Crippen LogP contribution in [0.1, 0.15) is 30.5 Å². The van der Waals surface area contributed by atoms with Crippen molar-refractivity contribution >= 4 is 27.1 Å². The van der Waals surface area contributed by atoms with Gasteiger partial charge < -0.3 is 0 Å². The number of fused-ring (bicyclic) bond motifs is 2. The van der Waals surface area contributed by atoms with Crippen molar-refractivity contribution in [1.29, 1.82) is 5.26 Å². The summed E-state index contributed by atoms with van der Waals surface area (Å²) in [5.74, 6) is 0.331. The summed E-state index contributed by atoms with van der Waals surface area (Å²) in [5, 5.41) is 17.4. The van der Waals surface area contributed by atoms with E-state index in [9.17, 15) is 5.26 Å². The number of rotatable bonds is 2. The fourth-order valence-electron chi connectivity index (χ4n) is 2.63. The molecule has 0 spiro atoms. The van der Waals surface area contributed by atoms with E-state index in [4.69, 9.17) is 0 Å². The first-order valence-corrected chi connectivity index (χ1v) is 8.28. The second-order valence-electron chi connectivity index (χ2n) is 5.77. The minimum Gasteiger partial charge on any atom is -0.216 e. The van der Waals surface area contributed by atoms with Crippen LogP contribution >= 0.6 is 11.3 Å². The van der Waals surface area contributed by atoms with Crippen LogP contribution in [-0.2, 0) is 0 Å². The SMILES string of the molecule is CC(C)c1nn2c(C#N)c(-c3ccc4ccccc4c3)nc2s1. The van der Waals surface area contributed by atoms with Crippen LogP contribution in [0.15, 0.2) is 42.5 Å². The Morgan fingerprint density at radius 1 is 1.13 bits per heavy atom. The van der Waals surface area contributed by atoms with Crippen LogP contribution in [-0.4, -0.2) is 14.6 Å². The zero-order valence-electron chi connectivity index (χ0n) is 12.8. The van der Waals surface area contributed by atoms with Gasteiger partial charge in [-0.15, -0.1) is 0 Å². The lowest BCUT2D eigenvalue weighted by atomic mass is 10.0. The third kappa shape index (κ3) is 2.19. The highest BCUT2D eigenvalue weighted by molar-refractivity contribution is 7.16. The van der Waals surface area contributed by atoms with E-state index in [0.29, 0.717) is 17.3 Å². The molecule has 0 saturated carbocycles. The van der Waals surface area contributed by atoms with Crippen LogP contribution in [0, 0.1) is 11.3 Å². The number of imidazole rings is 1. The van der Waals surface area contributed by atoms with Crippen molar-refractivity contribution in [2.24, 2.45) is 0 Å². The van der Waals surface area contributed by atoms with E-state index in [1.807, 2.05) is 18.2 Å². The molecule has 0 aliphatic heterocycles. The Hall–Kier alpha value is -2.71. The van der Waals surface area contributed by atoms with Crippen LogP contribution in [0.25, 0.3) is 27.0 Å². The third-order valence-electron chi connectivity index (χ3n) is 3.84. The Bertz CT molecular complexity index is 1070. The highest BCUT2D eigenvalue weighted by Gasteiger charge is 2.18. The second kappa shape index (κ2) is 5.18. The van der Waals surface area contributed by atoms with Gasteiger partial charge in [0.05, 0.1) is 0 Å². The molecule has 2 heterocycles. The Morgan fingerprint density at radius 2 is 1.91 bits per heavy atom. The highest BCUT2D eigenvalue weighted by atomic mass is 32.1. The van der Waals surface area contributed by atoms with E-state index in [-0.39, 0.29) is 0 Å². The van der Waals surface area contributed by atoms with Gasteiger partial charge in [0.15, 0.2) is 5.69 Å². The quantitative estimate of drug-likeness (QED) is 0.542. The van der Waals surface area contributed by atoms with E-state index in [1.54, 1.807) is 15.9 Å². The number of nitriles is 1. The van der Waals surface area contributed by atoms with Crippen molar-refractivity contribution in [1.82, 2.24) is 14.6 Å². The van der Waals surface area contributed by atoms with Gasteiger partial charge >= 0.3 is 0 Å². The zero-order valence-corrected chi connectivity index (χ0v) is 13.6. The molecular weight excluding hydrogens is 304 g/mol. The Labute approximate surface area is 137 Å². The molecule has 0 amide bonds. The Morgan fingerprint density at radius 3 is 2.65 bits per heavy atom. The lowest BCUT2D eigenvalue weighted by Crippen LogP contribution is -1.93. The molecule has 0 bridgehead atoms. The summed E-state index contributed by atoms with van der Waals surface area (Å²) < 4.78 is 1.67. The third-order valence-corrected chi connectivity index (χ3v) is 5.05. The van der Waals surface area contributed by atoms with Crippen molar-refractivity contribution in [3.8, 4) is 17.3 Å². The van der Waals surface area contributed by atoms with Gasteiger partial charge in [0.25, 0.3) is 0 Å². The number of benzene rings is 2. The van der Waals surface area contributed by atoms with Crippen LogP contribution in [0.3, 0.4) is 0 Å². The average molecular weight is 318 g/mol. The van der Waals surface area contributed by atoms with Crippen molar-refractivity contribution < 1.29 is 0 Å². The molecule has 0 saturated heterocycles. The molecule has 2 aromatic carbocycles. The van der Waals surface area contributed by atoms with Gasteiger partial charge in [-0.3, -0.25) is 0 Å². The Balaban J connectivity index is 1.93. The maximum Gasteiger partial charge on any atom is 0.214 e. The largest absolute Gasteiger partial charge is 0.216 e. The summed E-state index contributed by atoms with van der Waals surface area (Å²) >= 11 is 1.54. The predicted octanol–water partition coefficient (Wildman–Crippen LogP) is 4.61. The maximum absolute atomic E-state index is 9.58. The lowest BCUT2D eigenvalue weighted by Gasteiger charge is -2.02. The van der Waals surface area contributed by atoms with Crippen LogP contribution in [0.5, 0.6) is 0 Å². The first-order chi connectivity index (χ1) is 11.2. The monoisotopic (exact) mass is 318 g/mol. The molecule has 0 fully saturated rings. The molecule has 0 aliphatic rings. The molecule has 0 aliphatic carbocycles. The normalized spacial score (nSPS) is 11.4. The molecular formula is C18H14N4S. The zero-order chi connectivity index (χ0) is 16.0. The molecule has 112 valence electrons. The van der Waals surface area contributed by atoms with Crippen molar-refractivity contribution in [2.45, 2.75) is 19.8 Å². The molecule has 2 aromatic heterocycles. The molecule has 0 radical (unpaired) electrons. The van der Waals surface area contributed by atoms with Gasteiger partial charge in [-0.1, -0.05) is 61.6 Å². The lowest BCUT2D eigenvalue weighted by molar-refractivity contribution is 0.798. The molecule has 4 rings (SSSR count). The summed E-state index contributed by atoms with van der Waals surface area (Å²) in [4.78, 5) is 5.43. The molecule has 4 nitrogen and oxygen atoms in total. The molecule has 0 unspecified atom stereocenters. The summed E-state index contributed by atoms with van der Waals surface area (Å²) in [6, 6.07) is 16.6. The van der Waals surface area contributed by atoms with Gasteiger partial charge in [-0.25, -0.2) is 4.98 Å². The predicted molar refractivity (Wildman–Crippen MR) is 92.6 cm³/mol.